The first-order chi connectivity index (χ1) is 10.7. The Labute approximate surface area is 138 Å². The second-order valence-corrected chi connectivity index (χ2v) is 8.22. The van der Waals surface area contributed by atoms with Crippen LogP contribution in [0.2, 0.25) is 0 Å². The summed E-state index contributed by atoms with van der Waals surface area (Å²) in [5.41, 5.74) is 2.12. The van der Waals surface area contributed by atoms with E-state index in [-0.39, 0.29) is 17.9 Å². The Morgan fingerprint density at radius 1 is 1.39 bits per heavy atom. The van der Waals surface area contributed by atoms with Crippen LogP contribution in [0.25, 0.3) is 0 Å². The number of nitrogens with one attached hydrogen (secondary N) is 1. The highest BCUT2D eigenvalue weighted by Gasteiger charge is 2.26. The molecular weight excluding hydrogens is 316 g/mol. The fraction of sp³-hybridized carbons (Fsp3) is 0.688. The Hall–Kier alpha value is -1.34. The summed E-state index contributed by atoms with van der Waals surface area (Å²) >= 11 is 0. The molecule has 7 heteroatoms. The Bertz CT molecular complexity index is 670. The zero-order valence-corrected chi connectivity index (χ0v) is 15.1. The molecule has 0 aliphatic carbocycles. The maximum atomic E-state index is 12.4. The van der Waals surface area contributed by atoms with Gasteiger partial charge < -0.3 is 9.30 Å². The van der Waals surface area contributed by atoms with Gasteiger partial charge in [-0.25, -0.2) is 13.1 Å². The van der Waals surface area contributed by atoms with E-state index in [4.69, 9.17) is 4.74 Å². The summed E-state index contributed by atoms with van der Waals surface area (Å²) in [6, 6.07) is 1.95. The molecule has 0 spiro atoms. The van der Waals surface area contributed by atoms with Crippen molar-refractivity contribution in [2.24, 2.45) is 0 Å². The lowest BCUT2D eigenvalue weighted by Crippen LogP contribution is -2.38. The number of aryl methyl sites for hydroxylation is 1. The number of rotatable bonds is 5. The van der Waals surface area contributed by atoms with Gasteiger partial charge in [-0.3, -0.25) is 4.79 Å². The van der Waals surface area contributed by atoms with E-state index in [2.05, 4.69) is 4.72 Å². The molecule has 1 aromatic rings. The third-order valence-electron chi connectivity index (χ3n) is 4.17. The van der Waals surface area contributed by atoms with Crippen LogP contribution in [0.4, 0.5) is 0 Å². The van der Waals surface area contributed by atoms with Crippen LogP contribution in [0, 0.1) is 13.8 Å². The fourth-order valence-electron chi connectivity index (χ4n) is 3.22. The second kappa shape index (κ2) is 7.05. The van der Waals surface area contributed by atoms with Gasteiger partial charge in [0, 0.05) is 24.0 Å². The summed E-state index contributed by atoms with van der Waals surface area (Å²) in [6.07, 6.45) is 2.32. The van der Waals surface area contributed by atoms with Crippen molar-refractivity contribution in [2.45, 2.75) is 59.1 Å². The zero-order valence-electron chi connectivity index (χ0n) is 14.3. The summed E-state index contributed by atoms with van der Waals surface area (Å²) in [6.45, 7) is 8.38. The molecule has 1 unspecified atom stereocenters. The fourth-order valence-corrected chi connectivity index (χ4v) is 4.45. The zero-order chi connectivity index (χ0) is 17.2. The molecule has 0 radical (unpaired) electrons. The SMILES string of the molecule is Cc1cc(C(=O)NS(=O)(=O)CC2CCCCO2)c(C)n1C(C)C. The highest BCUT2D eigenvalue weighted by molar-refractivity contribution is 7.90. The van der Waals surface area contributed by atoms with Crippen molar-refractivity contribution in [3.05, 3.63) is 23.0 Å². The largest absolute Gasteiger partial charge is 0.377 e. The molecule has 1 amide bonds. The van der Waals surface area contributed by atoms with Crippen molar-refractivity contribution in [1.82, 2.24) is 9.29 Å². The minimum absolute atomic E-state index is 0.165. The van der Waals surface area contributed by atoms with Crippen LogP contribution < -0.4 is 4.72 Å². The molecule has 130 valence electrons. The minimum atomic E-state index is -3.70. The van der Waals surface area contributed by atoms with E-state index >= 15 is 0 Å². The Balaban J connectivity index is 2.10. The van der Waals surface area contributed by atoms with E-state index < -0.39 is 15.9 Å². The normalized spacial score (nSPS) is 19.1. The molecule has 23 heavy (non-hydrogen) atoms. The smallest absolute Gasteiger partial charge is 0.266 e. The van der Waals surface area contributed by atoms with Crippen LogP contribution >= 0.6 is 0 Å². The van der Waals surface area contributed by atoms with Crippen molar-refractivity contribution in [3.8, 4) is 0 Å². The van der Waals surface area contributed by atoms with Gasteiger partial charge in [0.25, 0.3) is 5.91 Å². The Kier molecular flexibility index (Phi) is 5.52. The summed E-state index contributed by atoms with van der Waals surface area (Å²) in [5.74, 6) is -0.734. The van der Waals surface area contributed by atoms with Gasteiger partial charge in [0.15, 0.2) is 0 Å². The topological polar surface area (TPSA) is 77.4 Å². The first kappa shape index (κ1) is 18.0. The van der Waals surface area contributed by atoms with Gasteiger partial charge in [0.05, 0.1) is 17.4 Å². The molecule has 1 aliphatic heterocycles. The number of amides is 1. The van der Waals surface area contributed by atoms with Crippen molar-refractivity contribution in [2.75, 3.05) is 12.4 Å². The van der Waals surface area contributed by atoms with E-state index in [1.54, 1.807) is 6.07 Å². The maximum Gasteiger partial charge on any atom is 0.266 e. The quantitative estimate of drug-likeness (QED) is 0.891. The molecule has 1 atom stereocenters. The van der Waals surface area contributed by atoms with E-state index in [1.165, 1.54) is 0 Å². The summed E-state index contributed by atoms with van der Waals surface area (Å²) in [5, 5.41) is 0. The first-order valence-corrected chi connectivity index (χ1v) is 9.71. The summed E-state index contributed by atoms with van der Waals surface area (Å²) in [4.78, 5) is 12.4. The molecule has 2 heterocycles. The van der Waals surface area contributed by atoms with E-state index in [9.17, 15) is 13.2 Å². The molecule has 1 aromatic heterocycles. The number of ether oxygens (including phenoxy) is 1. The number of carbonyl (C=O) groups is 1. The number of carbonyl (C=O) groups excluding carboxylic acids is 1. The monoisotopic (exact) mass is 342 g/mol. The number of nitrogens with zero attached hydrogens (tertiary/aromatic N) is 1. The van der Waals surface area contributed by atoms with Gasteiger partial charge in [-0.2, -0.15) is 0 Å². The Morgan fingerprint density at radius 3 is 2.61 bits per heavy atom. The minimum Gasteiger partial charge on any atom is -0.377 e. The van der Waals surface area contributed by atoms with Crippen LogP contribution in [-0.2, 0) is 14.8 Å². The van der Waals surface area contributed by atoms with Crippen LogP contribution in [0.5, 0.6) is 0 Å². The standard InChI is InChI=1S/C16H26N2O4S/c1-11(2)18-12(3)9-15(13(18)4)16(19)17-23(20,21)10-14-7-5-6-8-22-14/h9,11,14H,5-8,10H2,1-4H3,(H,17,19). The molecule has 0 bridgehead atoms. The lowest BCUT2D eigenvalue weighted by molar-refractivity contribution is 0.0304. The molecule has 1 aliphatic rings. The van der Waals surface area contributed by atoms with Gasteiger partial charge in [0.1, 0.15) is 0 Å². The Morgan fingerprint density at radius 2 is 2.09 bits per heavy atom. The van der Waals surface area contributed by atoms with Gasteiger partial charge in [-0.05, 0) is 53.0 Å². The number of hydrogen-bond acceptors (Lipinski definition) is 4. The molecule has 6 nitrogen and oxygen atoms in total. The number of sulfonamides is 1. The van der Waals surface area contributed by atoms with Crippen molar-refractivity contribution >= 4 is 15.9 Å². The predicted octanol–water partition coefficient (Wildman–Crippen LogP) is 2.31. The predicted molar refractivity (Wildman–Crippen MR) is 89.1 cm³/mol. The summed E-state index contributed by atoms with van der Waals surface area (Å²) < 4.78 is 34.0. The molecule has 2 rings (SSSR count). The van der Waals surface area contributed by atoms with Gasteiger partial charge in [-0.1, -0.05) is 0 Å². The number of aromatic nitrogens is 1. The van der Waals surface area contributed by atoms with E-state index in [1.807, 2.05) is 32.3 Å². The highest BCUT2D eigenvalue weighted by atomic mass is 32.2. The molecular formula is C16H26N2O4S. The third kappa shape index (κ3) is 4.35. The second-order valence-electron chi connectivity index (χ2n) is 6.45. The average molecular weight is 342 g/mol. The highest BCUT2D eigenvalue weighted by Crippen LogP contribution is 2.20. The van der Waals surface area contributed by atoms with Gasteiger partial charge in [-0.15, -0.1) is 0 Å². The third-order valence-corrected chi connectivity index (χ3v) is 5.48. The average Bonchev–Trinajstić information content (AvgIpc) is 2.74. The van der Waals surface area contributed by atoms with Gasteiger partial charge in [0.2, 0.25) is 10.0 Å². The van der Waals surface area contributed by atoms with Crippen LogP contribution in [0.1, 0.15) is 60.9 Å². The van der Waals surface area contributed by atoms with Crippen molar-refractivity contribution < 1.29 is 17.9 Å². The maximum absolute atomic E-state index is 12.4. The summed E-state index contributed by atoms with van der Waals surface area (Å²) in [7, 11) is -3.70. The molecule has 1 fully saturated rings. The van der Waals surface area contributed by atoms with E-state index in [0.29, 0.717) is 12.2 Å². The molecule has 0 aromatic carbocycles. The lowest BCUT2D eigenvalue weighted by atomic mass is 10.1. The van der Waals surface area contributed by atoms with Crippen molar-refractivity contribution in [3.63, 3.8) is 0 Å². The molecule has 1 N–H and O–H groups in total. The first-order valence-electron chi connectivity index (χ1n) is 8.06. The lowest BCUT2D eigenvalue weighted by Gasteiger charge is -2.22. The van der Waals surface area contributed by atoms with Crippen LogP contribution in [-0.4, -0.2) is 37.4 Å². The molecule has 1 saturated heterocycles. The number of hydrogen-bond donors (Lipinski definition) is 1. The van der Waals surface area contributed by atoms with Crippen LogP contribution in [0.15, 0.2) is 6.07 Å². The van der Waals surface area contributed by atoms with Gasteiger partial charge >= 0.3 is 0 Å². The van der Waals surface area contributed by atoms with Crippen LogP contribution in [0.3, 0.4) is 0 Å². The van der Waals surface area contributed by atoms with E-state index in [0.717, 1.165) is 30.7 Å². The molecule has 0 saturated carbocycles. The van der Waals surface area contributed by atoms with Crippen molar-refractivity contribution in [1.29, 1.82) is 0 Å².